The third-order valence-corrected chi connectivity index (χ3v) is 2.28. The lowest BCUT2D eigenvalue weighted by molar-refractivity contribution is -0.165. The number of methoxy groups -OCH3 is 2. The van der Waals surface area contributed by atoms with E-state index in [-0.39, 0.29) is 12.5 Å². The first-order valence-electron chi connectivity index (χ1n) is 6.58. The number of rotatable bonds is 2. The van der Waals surface area contributed by atoms with Gasteiger partial charge in [-0.2, -0.15) is 0 Å². The van der Waals surface area contributed by atoms with Gasteiger partial charge in [0.1, 0.15) is 0 Å². The molecule has 4 heteroatoms. The van der Waals surface area contributed by atoms with Gasteiger partial charge in [-0.05, 0) is 19.2 Å². The predicted octanol–water partition coefficient (Wildman–Crippen LogP) is 1.30. The Kier molecular flexibility index (Phi) is 1.90. The van der Waals surface area contributed by atoms with Crippen molar-refractivity contribution in [3.8, 4) is 0 Å². The highest BCUT2D eigenvalue weighted by molar-refractivity contribution is 6.03. The van der Waals surface area contributed by atoms with Crippen LogP contribution in [0.4, 0.5) is 0 Å². The van der Waals surface area contributed by atoms with Crippen molar-refractivity contribution in [1.29, 1.82) is 0 Å². The van der Waals surface area contributed by atoms with Gasteiger partial charge in [0, 0.05) is 4.11 Å². The highest BCUT2D eigenvalue weighted by Crippen LogP contribution is 2.41. The molecule has 4 nitrogen and oxygen atoms in total. The lowest BCUT2D eigenvalue weighted by Gasteiger charge is -2.21. The molecule has 0 saturated heterocycles. The molecule has 0 aromatic heterocycles. The normalized spacial score (nSPS) is 31.0. The Labute approximate surface area is 94.9 Å². The average Bonchev–Trinajstić information content (AvgIpc) is 2.52. The maximum absolute atomic E-state index is 12.0. The van der Waals surface area contributed by atoms with E-state index in [1.807, 2.05) is 0 Å². The van der Waals surface area contributed by atoms with Gasteiger partial charge < -0.3 is 9.47 Å². The van der Waals surface area contributed by atoms with E-state index in [0.717, 1.165) is 14.2 Å². The molecule has 0 saturated carbocycles. The van der Waals surface area contributed by atoms with Crippen molar-refractivity contribution in [1.82, 2.24) is 0 Å². The van der Waals surface area contributed by atoms with Crippen molar-refractivity contribution in [2.24, 2.45) is 11.3 Å². The molecular formula is C11H16O4. The van der Waals surface area contributed by atoms with Gasteiger partial charge in [0.2, 0.25) is 0 Å². The van der Waals surface area contributed by atoms with Gasteiger partial charge >= 0.3 is 11.9 Å². The van der Waals surface area contributed by atoms with Crippen LogP contribution in [0.3, 0.4) is 0 Å². The summed E-state index contributed by atoms with van der Waals surface area (Å²) in [5.74, 6) is -3.38. The van der Waals surface area contributed by atoms with Crippen LogP contribution in [0.25, 0.3) is 0 Å². The number of ether oxygens (including phenoxy) is 2. The summed E-state index contributed by atoms with van der Waals surface area (Å²) in [5.41, 5.74) is -2.26. The van der Waals surface area contributed by atoms with Gasteiger partial charge in [0.05, 0.1) is 15.6 Å². The second-order valence-electron chi connectivity index (χ2n) is 3.24. The number of hydrogen-bond donors (Lipinski definition) is 0. The Morgan fingerprint density at radius 2 is 2.13 bits per heavy atom. The Morgan fingerprint density at radius 3 is 2.47 bits per heavy atom. The quantitative estimate of drug-likeness (QED) is 0.396. The van der Waals surface area contributed by atoms with Gasteiger partial charge in [-0.3, -0.25) is 9.59 Å². The molecular weight excluding hydrogens is 196 g/mol. The topological polar surface area (TPSA) is 52.6 Å². The number of esters is 2. The van der Waals surface area contributed by atoms with E-state index in [9.17, 15) is 9.59 Å². The molecule has 0 heterocycles. The molecule has 0 aliphatic heterocycles. The van der Waals surface area contributed by atoms with Crippen LogP contribution in [0.15, 0.2) is 11.6 Å². The fourth-order valence-electron chi connectivity index (χ4n) is 1.40. The molecule has 0 aromatic rings. The van der Waals surface area contributed by atoms with Crippen LogP contribution in [0.5, 0.6) is 0 Å². The van der Waals surface area contributed by atoms with Gasteiger partial charge in [0.15, 0.2) is 5.41 Å². The Balaban J connectivity index is 3.63. The van der Waals surface area contributed by atoms with Gasteiger partial charge in [0.25, 0.3) is 0 Å². The van der Waals surface area contributed by atoms with E-state index in [1.54, 1.807) is 0 Å². The van der Waals surface area contributed by atoms with Gasteiger partial charge in [-0.1, -0.05) is 18.5 Å². The van der Waals surface area contributed by atoms with Crippen molar-refractivity contribution in [2.75, 3.05) is 14.2 Å². The summed E-state index contributed by atoms with van der Waals surface area (Å²) in [6.07, 6.45) is -2.43. The lowest BCUT2D eigenvalue weighted by atomic mass is 9.85. The van der Waals surface area contributed by atoms with Crippen molar-refractivity contribution >= 4 is 11.9 Å². The molecule has 1 rings (SSSR count). The minimum atomic E-state index is -2.45. The molecule has 84 valence electrons. The summed E-state index contributed by atoms with van der Waals surface area (Å²) in [7, 11) is 2.03. The standard InChI is InChI=1S/C11H16O4/c1-7-5-11(6-8(7)2,9(12)14-3)10(13)15-4/h5,8H,6H2,1-4H3/i2D,5D,6D2. The van der Waals surface area contributed by atoms with Crippen molar-refractivity contribution in [3.63, 3.8) is 0 Å². The first-order valence-corrected chi connectivity index (χ1v) is 4.37. The maximum Gasteiger partial charge on any atom is 0.327 e. The summed E-state index contributed by atoms with van der Waals surface area (Å²) >= 11 is 0. The first kappa shape index (κ1) is 7.04. The zero-order chi connectivity index (χ0) is 15.0. The molecule has 0 amide bonds. The van der Waals surface area contributed by atoms with Crippen LogP contribution in [0.1, 0.15) is 25.7 Å². The van der Waals surface area contributed by atoms with Crippen molar-refractivity contribution in [2.45, 2.75) is 20.2 Å². The zero-order valence-electron chi connectivity index (χ0n) is 12.9. The van der Waals surface area contributed by atoms with Gasteiger partial charge in [-0.25, -0.2) is 0 Å². The van der Waals surface area contributed by atoms with E-state index in [1.165, 1.54) is 6.92 Å². The molecule has 15 heavy (non-hydrogen) atoms. The number of hydrogen-bond acceptors (Lipinski definition) is 4. The summed E-state index contributed by atoms with van der Waals surface area (Å²) < 4.78 is 40.5. The Bertz CT molecular complexity index is 428. The summed E-state index contributed by atoms with van der Waals surface area (Å²) in [4.78, 5) is 24.0. The van der Waals surface area contributed by atoms with Crippen LogP contribution >= 0.6 is 0 Å². The van der Waals surface area contributed by atoms with Crippen LogP contribution in [0, 0.1) is 11.3 Å². The molecule has 1 aliphatic carbocycles. The summed E-state index contributed by atoms with van der Waals surface area (Å²) in [6.45, 7) is 1.06. The molecule has 1 unspecified atom stereocenters. The maximum atomic E-state index is 12.0. The fraction of sp³-hybridized carbons (Fsp3) is 0.636. The minimum absolute atomic E-state index is 0.191. The second-order valence-corrected chi connectivity index (χ2v) is 3.24. The average molecular weight is 216 g/mol. The molecule has 0 radical (unpaired) electrons. The number of carbonyl (C=O) groups is 2. The lowest BCUT2D eigenvalue weighted by Crippen LogP contribution is -2.38. The van der Waals surface area contributed by atoms with Gasteiger partial charge in [-0.15, -0.1) is 0 Å². The smallest absolute Gasteiger partial charge is 0.327 e. The molecule has 0 bridgehead atoms. The molecule has 0 spiro atoms. The Hall–Kier alpha value is -1.32. The fourth-order valence-corrected chi connectivity index (χ4v) is 1.40. The third-order valence-electron chi connectivity index (χ3n) is 2.28. The molecule has 0 aromatic carbocycles. The Morgan fingerprint density at radius 1 is 1.60 bits per heavy atom. The molecule has 1 aliphatic rings. The second kappa shape index (κ2) is 4.04. The minimum Gasteiger partial charge on any atom is -0.468 e. The zero-order valence-corrected chi connectivity index (χ0v) is 8.92. The van der Waals surface area contributed by atoms with E-state index in [2.05, 4.69) is 9.47 Å². The van der Waals surface area contributed by atoms with Crippen LogP contribution in [-0.2, 0) is 19.1 Å². The van der Waals surface area contributed by atoms with Crippen LogP contribution < -0.4 is 0 Å². The van der Waals surface area contributed by atoms with E-state index in [0.29, 0.717) is 0 Å². The third kappa shape index (κ3) is 1.76. The summed E-state index contributed by atoms with van der Waals surface area (Å²) in [5, 5.41) is 0. The highest BCUT2D eigenvalue weighted by atomic mass is 16.5. The van der Waals surface area contributed by atoms with Crippen LogP contribution in [-0.4, -0.2) is 26.2 Å². The molecule has 1 atom stereocenters. The molecule has 0 fully saturated rings. The van der Waals surface area contributed by atoms with Crippen LogP contribution in [0.2, 0.25) is 0 Å². The van der Waals surface area contributed by atoms with Crippen molar-refractivity contribution < 1.29 is 24.5 Å². The number of allylic oxidation sites excluding steroid dienone is 1. The van der Waals surface area contributed by atoms with E-state index in [4.69, 9.17) is 5.48 Å². The van der Waals surface area contributed by atoms with Crippen molar-refractivity contribution in [3.05, 3.63) is 11.6 Å². The largest absolute Gasteiger partial charge is 0.468 e. The SMILES string of the molecule is [2H]CC1C(C)=C([2H])C(C(=O)OC)(C(=O)OC)C1([2H])[2H]. The monoisotopic (exact) mass is 216 g/mol. The van der Waals surface area contributed by atoms with E-state index < -0.39 is 35.7 Å². The first-order chi connectivity index (χ1) is 8.73. The number of carbonyl (C=O) groups excluding carboxylic acids is 2. The summed E-state index contributed by atoms with van der Waals surface area (Å²) in [6, 6.07) is -0.478. The predicted molar refractivity (Wildman–Crippen MR) is 54.0 cm³/mol. The highest BCUT2D eigenvalue weighted by Gasteiger charge is 2.50. The molecule has 0 N–H and O–H groups in total. The van der Waals surface area contributed by atoms with E-state index >= 15 is 0 Å².